The summed E-state index contributed by atoms with van der Waals surface area (Å²) < 4.78 is 39.5. The molecule has 0 saturated heterocycles. The zero-order chi connectivity index (χ0) is 24.2. The summed E-state index contributed by atoms with van der Waals surface area (Å²) >= 11 is 1.44. The lowest BCUT2D eigenvalue weighted by molar-refractivity contribution is -0.118. The standard InChI is InChI=1S/C24H30FN3O3S2.ClH/c1-5-27(6-2)14-15-28(24-26-23-18(4)17(3)7-12-21(23)32-24)22(29)13-16-33(30,31)20-10-8-19(25)9-11-20;/h7-12H,5-6,13-16H2,1-4H3;1H. The second kappa shape index (κ2) is 12.1. The molecule has 1 amide bonds. The Hall–Kier alpha value is -2.07. The summed E-state index contributed by atoms with van der Waals surface area (Å²) in [7, 11) is -3.71. The van der Waals surface area contributed by atoms with Crippen molar-refractivity contribution in [3.63, 3.8) is 0 Å². The number of aromatic nitrogens is 1. The first-order valence-corrected chi connectivity index (χ1v) is 13.5. The smallest absolute Gasteiger partial charge is 0.229 e. The largest absolute Gasteiger partial charge is 0.302 e. The molecule has 10 heteroatoms. The predicted molar refractivity (Wildman–Crippen MR) is 140 cm³/mol. The van der Waals surface area contributed by atoms with Crippen LogP contribution in [-0.4, -0.2) is 56.1 Å². The number of halogens is 2. The summed E-state index contributed by atoms with van der Waals surface area (Å²) in [5, 5.41) is 0.579. The normalized spacial score (nSPS) is 11.6. The van der Waals surface area contributed by atoms with Crippen LogP contribution in [0.2, 0.25) is 0 Å². The lowest BCUT2D eigenvalue weighted by Crippen LogP contribution is -2.39. The molecule has 0 bridgehead atoms. The minimum absolute atomic E-state index is 0. The van der Waals surface area contributed by atoms with Gasteiger partial charge in [0.1, 0.15) is 5.82 Å². The second-order valence-corrected chi connectivity index (χ2v) is 11.1. The highest BCUT2D eigenvalue weighted by atomic mass is 35.5. The van der Waals surface area contributed by atoms with Crippen molar-refractivity contribution in [1.29, 1.82) is 0 Å². The molecule has 2 aromatic carbocycles. The summed E-state index contributed by atoms with van der Waals surface area (Å²) in [4.78, 5) is 21.8. The number of thiazole rings is 1. The molecule has 0 saturated carbocycles. The molecule has 0 radical (unpaired) electrons. The molecule has 1 heterocycles. The van der Waals surface area contributed by atoms with Gasteiger partial charge in [0, 0.05) is 19.5 Å². The van der Waals surface area contributed by atoms with Gasteiger partial charge < -0.3 is 4.90 Å². The molecule has 3 aromatic rings. The number of benzene rings is 2. The maximum Gasteiger partial charge on any atom is 0.229 e. The molecular formula is C24H31ClFN3O3S2. The summed E-state index contributed by atoms with van der Waals surface area (Å²) in [5.41, 5.74) is 3.07. The van der Waals surface area contributed by atoms with Crippen LogP contribution in [0, 0.1) is 19.7 Å². The third kappa shape index (κ3) is 6.53. The fourth-order valence-corrected chi connectivity index (χ4v) is 5.85. The summed E-state index contributed by atoms with van der Waals surface area (Å²) in [6.07, 6.45) is -0.175. The van der Waals surface area contributed by atoms with Crippen molar-refractivity contribution < 1.29 is 17.6 Å². The first-order valence-electron chi connectivity index (χ1n) is 11.0. The van der Waals surface area contributed by atoms with E-state index in [0.717, 1.165) is 46.6 Å². The van der Waals surface area contributed by atoms with Crippen LogP contribution in [0.15, 0.2) is 41.3 Å². The zero-order valence-electron chi connectivity index (χ0n) is 19.9. The van der Waals surface area contributed by atoms with Crippen molar-refractivity contribution >= 4 is 54.8 Å². The molecule has 0 aliphatic heterocycles. The maximum absolute atomic E-state index is 13.2. The number of nitrogens with zero attached hydrogens (tertiary/aromatic N) is 3. The number of hydrogen-bond donors (Lipinski definition) is 0. The van der Waals surface area contributed by atoms with E-state index in [1.807, 2.05) is 26.0 Å². The van der Waals surface area contributed by atoms with Crippen LogP contribution < -0.4 is 4.90 Å². The van der Waals surface area contributed by atoms with Crippen LogP contribution in [0.4, 0.5) is 9.52 Å². The van der Waals surface area contributed by atoms with Gasteiger partial charge in [-0.3, -0.25) is 9.69 Å². The SMILES string of the molecule is CCN(CC)CCN(C(=O)CCS(=O)(=O)c1ccc(F)cc1)c1nc2c(C)c(C)ccc2s1.Cl. The van der Waals surface area contributed by atoms with Gasteiger partial charge in [-0.1, -0.05) is 31.3 Å². The Kier molecular flexibility index (Phi) is 9.99. The van der Waals surface area contributed by atoms with E-state index < -0.39 is 15.7 Å². The van der Waals surface area contributed by atoms with Crippen molar-refractivity contribution in [3.8, 4) is 0 Å². The van der Waals surface area contributed by atoms with E-state index in [4.69, 9.17) is 4.98 Å². The van der Waals surface area contributed by atoms with Gasteiger partial charge in [0.2, 0.25) is 5.91 Å². The van der Waals surface area contributed by atoms with Crippen molar-refractivity contribution in [2.45, 2.75) is 39.0 Å². The minimum atomic E-state index is -3.71. The minimum Gasteiger partial charge on any atom is -0.302 e. The van der Waals surface area contributed by atoms with Gasteiger partial charge in [-0.05, 0) is 68.4 Å². The van der Waals surface area contributed by atoms with Crippen LogP contribution >= 0.6 is 23.7 Å². The molecule has 0 spiro atoms. The molecule has 0 aliphatic carbocycles. The molecule has 3 rings (SSSR count). The Bertz CT molecular complexity index is 1230. The maximum atomic E-state index is 13.2. The highest BCUT2D eigenvalue weighted by Gasteiger charge is 2.24. The van der Waals surface area contributed by atoms with Gasteiger partial charge >= 0.3 is 0 Å². The number of amides is 1. The van der Waals surface area contributed by atoms with Crippen LogP contribution in [0.3, 0.4) is 0 Å². The number of rotatable bonds is 10. The average Bonchev–Trinajstić information content (AvgIpc) is 3.23. The van der Waals surface area contributed by atoms with Gasteiger partial charge in [0.05, 0.1) is 20.9 Å². The Morgan fingerprint density at radius 2 is 1.68 bits per heavy atom. The molecule has 0 unspecified atom stereocenters. The molecule has 0 aliphatic rings. The lowest BCUT2D eigenvalue weighted by atomic mass is 10.1. The highest BCUT2D eigenvalue weighted by Crippen LogP contribution is 2.32. The third-order valence-corrected chi connectivity index (χ3v) is 8.67. The predicted octanol–water partition coefficient (Wildman–Crippen LogP) is 5.01. The van der Waals surface area contributed by atoms with Crippen molar-refractivity contribution in [1.82, 2.24) is 9.88 Å². The number of fused-ring (bicyclic) bond motifs is 1. The fraction of sp³-hybridized carbons (Fsp3) is 0.417. The van der Waals surface area contributed by atoms with Gasteiger partial charge in [-0.25, -0.2) is 17.8 Å². The summed E-state index contributed by atoms with van der Waals surface area (Å²) in [5.74, 6) is -1.14. The number of aryl methyl sites for hydroxylation is 2. The van der Waals surface area contributed by atoms with Gasteiger partial charge in [0.25, 0.3) is 0 Å². The second-order valence-electron chi connectivity index (χ2n) is 7.95. The Labute approximate surface area is 211 Å². The molecule has 1 aromatic heterocycles. The monoisotopic (exact) mass is 527 g/mol. The number of likely N-dealkylation sites (N-methyl/N-ethyl adjacent to an activating group) is 1. The van der Waals surface area contributed by atoms with Gasteiger partial charge in [-0.15, -0.1) is 12.4 Å². The van der Waals surface area contributed by atoms with E-state index in [9.17, 15) is 17.6 Å². The molecule has 6 nitrogen and oxygen atoms in total. The average molecular weight is 528 g/mol. The third-order valence-electron chi connectivity index (χ3n) is 5.90. The van der Waals surface area contributed by atoms with E-state index in [1.165, 1.54) is 23.5 Å². The molecule has 0 fully saturated rings. The Morgan fingerprint density at radius 3 is 2.29 bits per heavy atom. The first kappa shape index (κ1) is 28.2. The molecule has 0 N–H and O–H groups in total. The highest BCUT2D eigenvalue weighted by molar-refractivity contribution is 7.91. The molecule has 34 heavy (non-hydrogen) atoms. The van der Waals surface area contributed by atoms with Crippen molar-refractivity contribution in [3.05, 3.63) is 53.3 Å². The number of anilines is 1. The van der Waals surface area contributed by atoms with Gasteiger partial charge in [0.15, 0.2) is 15.0 Å². The zero-order valence-corrected chi connectivity index (χ0v) is 22.3. The number of sulfone groups is 1. The van der Waals surface area contributed by atoms with E-state index in [2.05, 4.69) is 18.7 Å². The summed E-state index contributed by atoms with van der Waals surface area (Å²) in [6.45, 7) is 11.0. The molecule has 186 valence electrons. The number of carbonyl (C=O) groups is 1. The van der Waals surface area contributed by atoms with E-state index in [0.29, 0.717) is 18.2 Å². The molecule has 0 atom stereocenters. The Morgan fingerprint density at radius 1 is 1.03 bits per heavy atom. The number of hydrogen-bond acceptors (Lipinski definition) is 6. The van der Waals surface area contributed by atoms with Gasteiger partial charge in [-0.2, -0.15) is 0 Å². The van der Waals surface area contributed by atoms with Crippen LogP contribution in [-0.2, 0) is 14.6 Å². The van der Waals surface area contributed by atoms with Crippen molar-refractivity contribution in [2.24, 2.45) is 0 Å². The van der Waals surface area contributed by atoms with E-state index in [1.54, 1.807) is 4.90 Å². The molecular weight excluding hydrogens is 497 g/mol. The quantitative estimate of drug-likeness (QED) is 0.346. The topological polar surface area (TPSA) is 70.6 Å². The lowest BCUT2D eigenvalue weighted by Gasteiger charge is -2.24. The van der Waals surface area contributed by atoms with Crippen LogP contribution in [0.25, 0.3) is 10.2 Å². The Balaban J connectivity index is 0.00000408. The van der Waals surface area contributed by atoms with Crippen molar-refractivity contribution in [2.75, 3.05) is 36.8 Å². The van der Waals surface area contributed by atoms with Crippen LogP contribution in [0.1, 0.15) is 31.4 Å². The summed E-state index contributed by atoms with van der Waals surface area (Å²) in [6, 6.07) is 8.72. The van der Waals surface area contributed by atoms with E-state index >= 15 is 0 Å². The van der Waals surface area contributed by atoms with Crippen LogP contribution in [0.5, 0.6) is 0 Å². The van der Waals surface area contributed by atoms with E-state index in [-0.39, 0.29) is 35.4 Å². The number of carbonyl (C=O) groups excluding carboxylic acids is 1. The fourth-order valence-electron chi connectivity index (χ4n) is 3.55. The first-order chi connectivity index (χ1) is 15.7.